The second-order valence-corrected chi connectivity index (χ2v) is 8.25. The maximum Gasteiger partial charge on any atom is 0.331 e. The molecule has 0 saturated carbocycles. The SMILES string of the molecule is O=C(/C=C/c1ccccc1)OCC(=O)c1ccc(S(=O)(=O)N2CCOCC2)cc1. The van der Waals surface area contributed by atoms with Crippen LogP contribution in [0, 0.1) is 0 Å². The van der Waals surface area contributed by atoms with Gasteiger partial charge in [-0.2, -0.15) is 4.31 Å². The zero-order valence-corrected chi connectivity index (χ0v) is 16.5. The van der Waals surface area contributed by atoms with Crippen molar-refractivity contribution in [2.45, 2.75) is 4.90 Å². The van der Waals surface area contributed by atoms with Gasteiger partial charge in [0, 0.05) is 24.7 Å². The van der Waals surface area contributed by atoms with Crippen LogP contribution in [-0.4, -0.2) is 57.4 Å². The number of ketones is 1. The van der Waals surface area contributed by atoms with Crippen LogP contribution < -0.4 is 0 Å². The summed E-state index contributed by atoms with van der Waals surface area (Å²) in [6, 6.07) is 14.8. The topological polar surface area (TPSA) is 90.0 Å². The van der Waals surface area contributed by atoms with Crippen molar-refractivity contribution in [1.29, 1.82) is 0 Å². The van der Waals surface area contributed by atoms with Gasteiger partial charge in [-0.1, -0.05) is 30.3 Å². The molecule has 0 aliphatic carbocycles. The third kappa shape index (κ3) is 5.60. The van der Waals surface area contributed by atoms with Gasteiger partial charge in [0.05, 0.1) is 18.1 Å². The van der Waals surface area contributed by atoms with Crippen LogP contribution in [0.1, 0.15) is 15.9 Å². The summed E-state index contributed by atoms with van der Waals surface area (Å²) in [6.07, 6.45) is 2.85. The van der Waals surface area contributed by atoms with Crippen LogP contribution >= 0.6 is 0 Å². The van der Waals surface area contributed by atoms with E-state index in [1.54, 1.807) is 6.08 Å². The molecule has 0 spiro atoms. The number of carbonyl (C=O) groups is 2. The summed E-state index contributed by atoms with van der Waals surface area (Å²) >= 11 is 0. The highest BCUT2D eigenvalue weighted by atomic mass is 32.2. The molecule has 0 atom stereocenters. The first kappa shape index (κ1) is 20.9. The quantitative estimate of drug-likeness (QED) is 0.391. The molecule has 1 fully saturated rings. The zero-order valence-electron chi connectivity index (χ0n) is 15.7. The Morgan fingerprint density at radius 2 is 1.66 bits per heavy atom. The van der Waals surface area contributed by atoms with Gasteiger partial charge >= 0.3 is 5.97 Å². The van der Waals surface area contributed by atoms with Gasteiger partial charge in [-0.3, -0.25) is 4.79 Å². The van der Waals surface area contributed by atoms with Crippen molar-refractivity contribution in [3.05, 3.63) is 71.8 Å². The number of ether oxygens (including phenoxy) is 2. The minimum atomic E-state index is -3.62. The molecule has 0 N–H and O–H groups in total. The number of rotatable bonds is 7. The minimum Gasteiger partial charge on any atom is -0.454 e. The number of morpholine rings is 1. The van der Waals surface area contributed by atoms with Crippen LogP contribution in [0.15, 0.2) is 65.6 Å². The molecule has 0 unspecified atom stereocenters. The van der Waals surface area contributed by atoms with E-state index in [4.69, 9.17) is 9.47 Å². The van der Waals surface area contributed by atoms with Crippen molar-refractivity contribution in [2.75, 3.05) is 32.9 Å². The molecule has 8 heteroatoms. The molecule has 1 heterocycles. The molecule has 7 nitrogen and oxygen atoms in total. The number of hydrogen-bond donors (Lipinski definition) is 0. The molecular weight excluding hydrogens is 394 g/mol. The largest absolute Gasteiger partial charge is 0.454 e. The second kappa shape index (κ2) is 9.60. The Hall–Kier alpha value is -2.81. The Bertz CT molecular complexity index is 978. The van der Waals surface area contributed by atoms with Crippen LogP contribution in [0.3, 0.4) is 0 Å². The van der Waals surface area contributed by atoms with Crippen LogP contribution in [0.4, 0.5) is 0 Å². The number of esters is 1. The van der Waals surface area contributed by atoms with Crippen molar-refractivity contribution < 1.29 is 27.5 Å². The normalized spacial score (nSPS) is 15.3. The lowest BCUT2D eigenvalue weighted by Gasteiger charge is -2.26. The maximum atomic E-state index is 12.6. The standard InChI is InChI=1S/C21H21NO6S/c23-20(16-28-21(24)11-6-17-4-2-1-3-5-17)18-7-9-19(10-8-18)29(25,26)22-12-14-27-15-13-22/h1-11H,12-16H2/b11-6+. The zero-order chi connectivity index (χ0) is 20.7. The Kier molecular flexibility index (Phi) is 6.92. The molecule has 29 heavy (non-hydrogen) atoms. The first-order chi connectivity index (χ1) is 14.0. The van der Waals surface area contributed by atoms with E-state index in [0.29, 0.717) is 26.3 Å². The number of benzene rings is 2. The van der Waals surface area contributed by atoms with Gasteiger partial charge in [-0.05, 0) is 35.9 Å². The van der Waals surface area contributed by atoms with Gasteiger partial charge in [0.25, 0.3) is 0 Å². The van der Waals surface area contributed by atoms with Crippen molar-refractivity contribution in [3.63, 3.8) is 0 Å². The number of Topliss-reactive ketones (excluding diaryl/α,β-unsaturated/α-hetero) is 1. The van der Waals surface area contributed by atoms with Crippen molar-refractivity contribution in [2.24, 2.45) is 0 Å². The first-order valence-electron chi connectivity index (χ1n) is 9.08. The summed E-state index contributed by atoms with van der Waals surface area (Å²) in [5, 5.41) is 0. The van der Waals surface area contributed by atoms with E-state index in [-0.39, 0.29) is 10.5 Å². The number of nitrogens with zero attached hydrogens (tertiary/aromatic N) is 1. The van der Waals surface area contributed by atoms with Crippen molar-refractivity contribution in [3.8, 4) is 0 Å². The van der Waals surface area contributed by atoms with Gasteiger partial charge in [0.2, 0.25) is 10.0 Å². The first-order valence-corrected chi connectivity index (χ1v) is 10.5. The predicted molar refractivity (Wildman–Crippen MR) is 107 cm³/mol. The Labute approximate surface area is 169 Å². The average Bonchev–Trinajstić information content (AvgIpc) is 2.77. The molecule has 0 aromatic heterocycles. The van der Waals surface area contributed by atoms with Crippen molar-refractivity contribution >= 4 is 27.9 Å². The molecule has 0 radical (unpaired) electrons. The molecule has 152 valence electrons. The van der Waals surface area contributed by atoms with E-state index in [9.17, 15) is 18.0 Å². The van der Waals surface area contributed by atoms with Gasteiger partial charge in [0.1, 0.15) is 0 Å². The van der Waals surface area contributed by atoms with Crippen LogP contribution in [0.2, 0.25) is 0 Å². The van der Waals surface area contributed by atoms with Gasteiger partial charge in [-0.15, -0.1) is 0 Å². The molecule has 0 amide bonds. The predicted octanol–water partition coefficient (Wildman–Crippen LogP) is 2.15. The summed E-state index contributed by atoms with van der Waals surface area (Å²) in [7, 11) is -3.62. The summed E-state index contributed by atoms with van der Waals surface area (Å²) in [4.78, 5) is 24.1. The Morgan fingerprint density at radius 3 is 2.31 bits per heavy atom. The molecule has 2 aromatic carbocycles. The summed E-state index contributed by atoms with van der Waals surface area (Å²) in [5.41, 5.74) is 1.11. The highest BCUT2D eigenvalue weighted by Crippen LogP contribution is 2.18. The van der Waals surface area contributed by atoms with E-state index < -0.39 is 28.4 Å². The lowest BCUT2D eigenvalue weighted by molar-refractivity contribution is -0.136. The smallest absolute Gasteiger partial charge is 0.331 e. The average molecular weight is 415 g/mol. The third-order valence-electron chi connectivity index (χ3n) is 4.34. The monoisotopic (exact) mass is 415 g/mol. The van der Waals surface area contributed by atoms with Crippen molar-refractivity contribution in [1.82, 2.24) is 4.31 Å². The number of carbonyl (C=O) groups excluding carboxylic acids is 2. The van der Waals surface area contributed by atoms with Crippen LogP contribution in [0.25, 0.3) is 6.08 Å². The van der Waals surface area contributed by atoms with E-state index in [0.717, 1.165) is 5.56 Å². The molecule has 2 aromatic rings. The number of hydrogen-bond acceptors (Lipinski definition) is 6. The van der Waals surface area contributed by atoms with Crippen LogP contribution in [0.5, 0.6) is 0 Å². The second-order valence-electron chi connectivity index (χ2n) is 6.32. The summed E-state index contributed by atoms with van der Waals surface area (Å²) < 4.78 is 36.6. The molecule has 1 aliphatic rings. The van der Waals surface area contributed by atoms with Gasteiger partial charge < -0.3 is 9.47 Å². The fourth-order valence-electron chi connectivity index (χ4n) is 2.75. The highest BCUT2D eigenvalue weighted by Gasteiger charge is 2.26. The van der Waals surface area contributed by atoms with E-state index in [1.807, 2.05) is 30.3 Å². The molecule has 0 bridgehead atoms. The molecular formula is C21H21NO6S. The van der Waals surface area contributed by atoms with Gasteiger partial charge in [0.15, 0.2) is 12.4 Å². The Morgan fingerprint density at radius 1 is 1.00 bits per heavy atom. The van der Waals surface area contributed by atoms with E-state index in [1.165, 1.54) is 34.6 Å². The third-order valence-corrected chi connectivity index (χ3v) is 6.25. The highest BCUT2D eigenvalue weighted by molar-refractivity contribution is 7.89. The molecule has 3 rings (SSSR count). The number of sulfonamides is 1. The fourth-order valence-corrected chi connectivity index (χ4v) is 4.15. The lowest BCUT2D eigenvalue weighted by atomic mass is 10.1. The van der Waals surface area contributed by atoms with Crippen LogP contribution in [-0.2, 0) is 24.3 Å². The minimum absolute atomic E-state index is 0.110. The lowest BCUT2D eigenvalue weighted by Crippen LogP contribution is -2.40. The molecule has 1 aliphatic heterocycles. The van der Waals surface area contributed by atoms with Gasteiger partial charge in [-0.25, -0.2) is 13.2 Å². The summed E-state index contributed by atoms with van der Waals surface area (Å²) in [6.45, 7) is 0.901. The summed E-state index contributed by atoms with van der Waals surface area (Å²) in [5.74, 6) is -1.05. The Balaban J connectivity index is 1.56. The maximum absolute atomic E-state index is 12.6. The van der Waals surface area contributed by atoms with E-state index in [2.05, 4.69) is 0 Å². The molecule has 1 saturated heterocycles. The fraction of sp³-hybridized carbons (Fsp3) is 0.238. The van der Waals surface area contributed by atoms with E-state index >= 15 is 0 Å².